The highest BCUT2D eigenvalue weighted by Crippen LogP contribution is 2.16. The quantitative estimate of drug-likeness (QED) is 0.255. The molecule has 1 aromatic carbocycles. The molecular weight excluding hydrogens is 463 g/mol. The molecule has 154 valence electrons. The number of nitrogens with zero attached hydrogens (tertiary/aromatic N) is 4. The van der Waals surface area contributed by atoms with Crippen LogP contribution in [0.4, 0.5) is 0 Å². The molecule has 1 atom stereocenters. The molecule has 3 rings (SSSR count). The van der Waals surface area contributed by atoms with Gasteiger partial charge in [-0.3, -0.25) is 9.89 Å². The Morgan fingerprint density at radius 2 is 2.11 bits per heavy atom. The Hall–Kier alpha value is -1.61. The first kappa shape index (κ1) is 22.7. The summed E-state index contributed by atoms with van der Waals surface area (Å²) >= 11 is 0. The van der Waals surface area contributed by atoms with Crippen LogP contribution in [0.5, 0.6) is 0 Å². The molecule has 1 aliphatic rings. The predicted molar refractivity (Wildman–Crippen MR) is 127 cm³/mol. The minimum absolute atomic E-state index is 0. The molecule has 7 heteroatoms. The van der Waals surface area contributed by atoms with Crippen LogP contribution in [0.1, 0.15) is 37.4 Å². The van der Waals surface area contributed by atoms with Gasteiger partial charge >= 0.3 is 0 Å². The standard InChI is InChI=1S/C21H32N6.HI/c1-3-26-14-8-12-20(26)15-24-21(22)23-13-7-9-18-16-27(25-17(18)2)19-10-5-4-6-11-19;/h4-6,10-11,16,20H,3,7-9,12-15H2,1-2H3,(H3,22,23,24);1H. The van der Waals surface area contributed by atoms with Crippen LogP contribution in [0.2, 0.25) is 0 Å². The molecule has 1 saturated heterocycles. The van der Waals surface area contributed by atoms with E-state index in [2.05, 4.69) is 52.5 Å². The molecule has 28 heavy (non-hydrogen) atoms. The second-order valence-electron chi connectivity index (χ2n) is 7.20. The van der Waals surface area contributed by atoms with E-state index in [1.165, 1.54) is 24.9 Å². The highest BCUT2D eigenvalue weighted by Gasteiger charge is 2.22. The molecule has 1 aromatic heterocycles. The number of nitrogens with two attached hydrogens (primary N) is 1. The summed E-state index contributed by atoms with van der Waals surface area (Å²) in [7, 11) is 0. The summed E-state index contributed by atoms with van der Waals surface area (Å²) in [5.41, 5.74) is 9.49. The molecule has 1 aliphatic heterocycles. The van der Waals surface area contributed by atoms with Gasteiger partial charge in [0.1, 0.15) is 0 Å². The minimum Gasteiger partial charge on any atom is -0.370 e. The van der Waals surface area contributed by atoms with Gasteiger partial charge in [0.15, 0.2) is 5.96 Å². The molecule has 1 unspecified atom stereocenters. The van der Waals surface area contributed by atoms with E-state index < -0.39 is 0 Å². The van der Waals surface area contributed by atoms with E-state index >= 15 is 0 Å². The average molecular weight is 496 g/mol. The number of para-hydroxylation sites is 1. The number of nitrogens with one attached hydrogen (secondary N) is 1. The van der Waals surface area contributed by atoms with Gasteiger partial charge < -0.3 is 11.1 Å². The van der Waals surface area contributed by atoms with E-state index in [1.807, 2.05) is 22.9 Å². The van der Waals surface area contributed by atoms with Crippen molar-refractivity contribution in [3.63, 3.8) is 0 Å². The van der Waals surface area contributed by atoms with Crippen molar-refractivity contribution in [2.75, 3.05) is 26.2 Å². The van der Waals surface area contributed by atoms with Crippen molar-refractivity contribution in [2.24, 2.45) is 10.7 Å². The number of guanidine groups is 1. The second kappa shape index (κ2) is 11.4. The minimum atomic E-state index is 0. The topological polar surface area (TPSA) is 71.5 Å². The number of hydrogen-bond acceptors (Lipinski definition) is 3. The first-order chi connectivity index (χ1) is 13.2. The maximum Gasteiger partial charge on any atom is 0.188 e. The zero-order valence-corrected chi connectivity index (χ0v) is 19.3. The number of rotatable bonds is 8. The Balaban J connectivity index is 0.00000280. The Labute approximate surface area is 185 Å². The number of halogens is 1. The van der Waals surface area contributed by atoms with Crippen molar-refractivity contribution in [2.45, 2.75) is 45.6 Å². The normalized spacial score (nSPS) is 17.5. The predicted octanol–water partition coefficient (Wildman–Crippen LogP) is 3.12. The van der Waals surface area contributed by atoms with Crippen molar-refractivity contribution in [3.05, 3.63) is 47.8 Å². The monoisotopic (exact) mass is 496 g/mol. The molecular formula is C21H33IN6. The van der Waals surface area contributed by atoms with E-state index in [9.17, 15) is 0 Å². The van der Waals surface area contributed by atoms with Gasteiger partial charge in [-0.25, -0.2) is 4.68 Å². The lowest BCUT2D eigenvalue weighted by Gasteiger charge is -2.20. The molecule has 0 bridgehead atoms. The van der Waals surface area contributed by atoms with Crippen molar-refractivity contribution >= 4 is 29.9 Å². The molecule has 0 aliphatic carbocycles. The SMILES string of the molecule is CCN1CCCC1CN=C(N)NCCCc1cn(-c2ccccc2)nc1C.I. The average Bonchev–Trinajstić information content (AvgIpc) is 3.30. The Bertz CT molecular complexity index is 743. The van der Waals surface area contributed by atoms with Crippen LogP contribution in [0.25, 0.3) is 5.69 Å². The molecule has 1 fully saturated rings. The summed E-state index contributed by atoms with van der Waals surface area (Å²) in [6.45, 7) is 8.21. The van der Waals surface area contributed by atoms with Crippen molar-refractivity contribution < 1.29 is 0 Å². The van der Waals surface area contributed by atoms with Gasteiger partial charge in [0.05, 0.1) is 17.9 Å². The molecule has 3 N–H and O–H groups in total. The van der Waals surface area contributed by atoms with E-state index in [0.717, 1.165) is 43.9 Å². The fraction of sp³-hybridized carbons (Fsp3) is 0.524. The largest absolute Gasteiger partial charge is 0.370 e. The van der Waals surface area contributed by atoms with Gasteiger partial charge in [0.25, 0.3) is 0 Å². The first-order valence-electron chi connectivity index (χ1n) is 10.1. The Morgan fingerprint density at radius 3 is 2.86 bits per heavy atom. The van der Waals surface area contributed by atoms with Crippen molar-refractivity contribution in [3.8, 4) is 5.69 Å². The second-order valence-corrected chi connectivity index (χ2v) is 7.20. The summed E-state index contributed by atoms with van der Waals surface area (Å²) in [6, 6.07) is 10.8. The van der Waals surface area contributed by atoms with Crippen molar-refractivity contribution in [1.29, 1.82) is 0 Å². The van der Waals surface area contributed by atoms with Gasteiger partial charge in [-0.2, -0.15) is 5.10 Å². The third-order valence-electron chi connectivity index (χ3n) is 5.33. The van der Waals surface area contributed by atoms with E-state index in [0.29, 0.717) is 12.0 Å². The molecule has 0 saturated carbocycles. The third-order valence-corrected chi connectivity index (χ3v) is 5.33. The van der Waals surface area contributed by atoms with Crippen LogP contribution in [0, 0.1) is 6.92 Å². The van der Waals surface area contributed by atoms with Gasteiger partial charge in [-0.1, -0.05) is 25.1 Å². The number of benzene rings is 1. The molecule has 2 aromatic rings. The van der Waals surface area contributed by atoms with Crippen molar-refractivity contribution in [1.82, 2.24) is 20.0 Å². The number of likely N-dealkylation sites (tertiary alicyclic amines) is 1. The maximum absolute atomic E-state index is 6.03. The summed E-state index contributed by atoms with van der Waals surface area (Å²) in [6.07, 6.45) is 6.61. The Kier molecular flexibility index (Phi) is 9.24. The molecule has 6 nitrogen and oxygen atoms in total. The lowest BCUT2D eigenvalue weighted by molar-refractivity contribution is 0.273. The van der Waals surface area contributed by atoms with Crippen LogP contribution in [0.3, 0.4) is 0 Å². The van der Waals surface area contributed by atoms with Gasteiger partial charge in [-0.15, -0.1) is 24.0 Å². The summed E-state index contributed by atoms with van der Waals surface area (Å²) < 4.78 is 1.95. The summed E-state index contributed by atoms with van der Waals surface area (Å²) in [5, 5.41) is 7.88. The number of hydrogen-bond donors (Lipinski definition) is 2. The lowest BCUT2D eigenvalue weighted by Crippen LogP contribution is -2.36. The van der Waals surface area contributed by atoms with Gasteiger partial charge in [0.2, 0.25) is 0 Å². The van der Waals surface area contributed by atoms with E-state index in [4.69, 9.17) is 5.73 Å². The van der Waals surface area contributed by atoms with E-state index in [-0.39, 0.29) is 24.0 Å². The molecule has 0 radical (unpaired) electrons. The molecule has 0 spiro atoms. The zero-order valence-electron chi connectivity index (χ0n) is 17.0. The van der Waals surface area contributed by atoms with Crippen LogP contribution in [-0.4, -0.2) is 52.9 Å². The Morgan fingerprint density at radius 1 is 1.32 bits per heavy atom. The number of aryl methyl sites for hydroxylation is 2. The molecule has 2 heterocycles. The van der Waals surface area contributed by atoms with Crippen LogP contribution >= 0.6 is 24.0 Å². The lowest BCUT2D eigenvalue weighted by atomic mass is 10.1. The maximum atomic E-state index is 6.03. The number of aromatic nitrogens is 2. The zero-order chi connectivity index (χ0) is 19.1. The summed E-state index contributed by atoms with van der Waals surface area (Å²) in [4.78, 5) is 7.03. The first-order valence-corrected chi connectivity index (χ1v) is 10.1. The van der Waals surface area contributed by atoms with Crippen LogP contribution in [-0.2, 0) is 6.42 Å². The fourth-order valence-corrected chi connectivity index (χ4v) is 3.73. The number of likely N-dealkylation sites (N-methyl/N-ethyl adjacent to an activating group) is 1. The van der Waals surface area contributed by atoms with Gasteiger partial charge in [0, 0.05) is 18.8 Å². The number of aliphatic imine (C=N–C) groups is 1. The molecule has 0 amide bonds. The van der Waals surface area contributed by atoms with Crippen LogP contribution in [0.15, 0.2) is 41.5 Å². The highest BCUT2D eigenvalue weighted by atomic mass is 127. The van der Waals surface area contributed by atoms with Crippen LogP contribution < -0.4 is 11.1 Å². The third kappa shape index (κ3) is 6.20. The fourth-order valence-electron chi connectivity index (χ4n) is 3.73. The van der Waals surface area contributed by atoms with Gasteiger partial charge in [-0.05, 0) is 63.4 Å². The summed E-state index contributed by atoms with van der Waals surface area (Å²) in [5.74, 6) is 0.564. The highest BCUT2D eigenvalue weighted by molar-refractivity contribution is 14.0. The van der Waals surface area contributed by atoms with E-state index in [1.54, 1.807) is 0 Å². The smallest absolute Gasteiger partial charge is 0.188 e.